The van der Waals surface area contributed by atoms with Gasteiger partial charge in [0.2, 0.25) is 0 Å². The summed E-state index contributed by atoms with van der Waals surface area (Å²) in [7, 11) is 0. The van der Waals surface area contributed by atoms with Gasteiger partial charge in [0.15, 0.2) is 0 Å². The Morgan fingerprint density at radius 3 is 2.22 bits per heavy atom. The minimum atomic E-state index is -0.122. The molecule has 4 nitrogen and oxygen atoms in total. The Kier molecular flexibility index (Phi) is 6.21. The van der Waals surface area contributed by atoms with Crippen LogP contribution >= 0.6 is 0 Å². The van der Waals surface area contributed by atoms with Crippen molar-refractivity contribution in [3.8, 4) is 0 Å². The van der Waals surface area contributed by atoms with E-state index in [1.165, 1.54) is 11.1 Å². The van der Waals surface area contributed by atoms with Gasteiger partial charge in [-0.15, -0.1) is 0 Å². The first-order valence-electron chi connectivity index (χ1n) is 9.23. The van der Waals surface area contributed by atoms with Gasteiger partial charge in [0.1, 0.15) is 0 Å². The number of carbonyl (C=O) groups excluding carboxylic acids is 1. The second-order valence-electron chi connectivity index (χ2n) is 6.68. The third kappa shape index (κ3) is 5.42. The fourth-order valence-corrected chi connectivity index (χ4v) is 2.85. The third-order valence-corrected chi connectivity index (χ3v) is 4.49. The summed E-state index contributed by atoms with van der Waals surface area (Å²) in [4.78, 5) is 18.9. The maximum absolute atomic E-state index is 12.9. The molecule has 0 fully saturated rings. The van der Waals surface area contributed by atoms with Crippen molar-refractivity contribution in [2.75, 3.05) is 5.32 Å². The molecule has 0 aliphatic heterocycles. The number of benzene rings is 2. The van der Waals surface area contributed by atoms with Crippen molar-refractivity contribution >= 4 is 11.7 Å². The monoisotopic (exact) mass is 359 g/mol. The van der Waals surface area contributed by atoms with E-state index in [1.54, 1.807) is 17.3 Å². The molecule has 0 radical (unpaired) electrons. The van der Waals surface area contributed by atoms with Crippen LogP contribution in [-0.4, -0.2) is 15.9 Å². The number of rotatable bonds is 6. The number of amides is 2. The molecular weight excluding hydrogens is 334 g/mol. The minimum absolute atomic E-state index is 0.122. The number of urea groups is 1. The number of nitrogens with zero attached hydrogens (tertiary/aromatic N) is 2. The Morgan fingerprint density at radius 2 is 1.59 bits per heavy atom. The maximum atomic E-state index is 12.9. The Balaban J connectivity index is 1.76. The normalized spacial score (nSPS) is 10.4. The zero-order valence-electron chi connectivity index (χ0n) is 15.9. The van der Waals surface area contributed by atoms with Crippen molar-refractivity contribution in [1.82, 2.24) is 9.88 Å². The molecule has 0 unspecified atom stereocenters. The average molecular weight is 359 g/mol. The number of aromatic nitrogens is 1. The maximum Gasteiger partial charge on any atom is 0.322 e. The minimum Gasteiger partial charge on any atom is -0.316 e. The van der Waals surface area contributed by atoms with Crippen LogP contribution in [-0.2, 0) is 19.5 Å². The summed E-state index contributed by atoms with van der Waals surface area (Å²) < 4.78 is 0. The van der Waals surface area contributed by atoms with Gasteiger partial charge in [-0.05, 0) is 48.2 Å². The Bertz CT molecular complexity index is 858. The van der Waals surface area contributed by atoms with E-state index < -0.39 is 0 Å². The molecule has 27 heavy (non-hydrogen) atoms. The van der Waals surface area contributed by atoms with Crippen LogP contribution in [0.5, 0.6) is 0 Å². The highest BCUT2D eigenvalue weighted by Gasteiger charge is 2.15. The number of carbonyl (C=O) groups is 1. The van der Waals surface area contributed by atoms with Gasteiger partial charge in [-0.3, -0.25) is 4.98 Å². The first-order valence-corrected chi connectivity index (χ1v) is 9.23. The van der Waals surface area contributed by atoms with Crippen molar-refractivity contribution in [2.45, 2.75) is 33.4 Å². The molecule has 4 heteroatoms. The van der Waals surface area contributed by atoms with E-state index in [4.69, 9.17) is 0 Å². The average Bonchev–Trinajstić information content (AvgIpc) is 2.70. The van der Waals surface area contributed by atoms with Gasteiger partial charge in [0.05, 0.1) is 0 Å². The zero-order valence-corrected chi connectivity index (χ0v) is 15.9. The van der Waals surface area contributed by atoms with Gasteiger partial charge >= 0.3 is 6.03 Å². The second kappa shape index (κ2) is 8.99. The van der Waals surface area contributed by atoms with Crippen LogP contribution in [0.15, 0.2) is 73.1 Å². The van der Waals surface area contributed by atoms with Crippen molar-refractivity contribution in [1.29, 1.82) is 0 Å². The number of hydrogen-bond acceptors (Lipinski definition) is 2. The fraction of sp³-hybridized carbons (Fsp3) is 0.217. The molecule has 2 aromatic carbocycles. The van der Waals surface area contributed by atoms with Crippen LogP contribution in [0.1, 0.15) is 29.2 Å². The van der Waals surface area contributed by atoms with Crippen LogP contribution < -0.4 is 5.32 Å². The molecule has 0 atom stereocenters. The third-order valence-electron chi connectivity index (χ3n) is 4.49. The Morgan fingerprint density at radius 1 is 0.926 bits per heavy atom. The lowest BCUT2D eigenvalue weighted by atomic mass is 10.1. The van der Waals surface area contributed by atoms with Crippen LogP contribution in [0.25, 0.3) is 0 Å². The molecular formula is C23H25N3O. The van der Waals surface area contributed by atoms with Crippen molar-refractivity contribution < 1.29 is 4.79 Å². The highest BCUT2D eigenvalue weighted by molar-refractivity contribution is 5.89. The SMILES string of the molecule is CCc1ccc(NC(=O)N(Cc2ccc(C)cc2)Cc2cccnc2)cc1. The summed E-state index contributed by atoms with van der Waals surface area (Å²) in [5.41, 5.74) is 5.36. The van der Waals surface area contributed by atoms with E-state index in [0.717, 1.165) is 23.2 Å². The molecule has 1 heterocycles. The van der Waals surface area contributed by atoms with Gasteiger partial charge in [-0.1, -0.05) is 55.0 Å². The summed E-state index contributed by atoms with van der Waals surface area (Å²) in [5.74, 6) is 0. The van der Waals surface area contributed by atoms with E-state index in [2.05, 4.69) is 48.4 Å². The first kappa shape index (κ1) is 18.6. The molecule has 0 saturated carbocycles. The highest BCUT2D eigenvalue weighted by atomic mass is 16.2. The number of nitrogens with one attached hydrogen (secondary N) is 1. The fourth-order valence-electron chi connectivity index (χ4n) is 2.85. The number of hydrogen-bond donors (Lipinski definition) is 1. The molecule has 3 rings (SSSR count). The molecule has 138 valence electrons. The number of anilines is 1. The van der Waals surface area contributed by atoms with Gasteiger partial charge in [0, 0.05) is 31.2 Å². The molecule has 0 bridgehead atoms. The van der Waals surface area contributed by atoms with Crippen molar-refractivity contribution in [2.24, 2.45) is 0 Å². The summed E-state index contributed by atoms with van der Waals surface area (Å²) >= 11 is 0. The molecule has 0 aliphatic carbocycles. The Hall–Kier alpha value is -3.14. The lowest BCUT2D eigenvalue weighted by Gasteiger charge is -2.23. The molecule has 1 N–H and O–H groups in total. The van der Waals surface area contributed by atoms with Crippen molar-refractivity contribution in [3.05, 3.63) is 95.3 Å². The summed E-state index contributed by atoms with van der Waals surface area (Å²) in [6.45, 7) is 5.21. The van der Waals surface area contributed by atoms with Crippen molar-refractivity contribution in [3.63, 3.8) is 0 Å². The summed E-state index contributed by atoms with van der Waals surface area (Å²) in [5, 5.41) is 3.01. The van der Waals surface area contributed by atoms with E-state index in [-0.39, 0.29) is 6.03 Å². The molecule has 1 aromatic heterocycles. The van der Waals surface area contributed by atoms with Gasteiger partial charge < -0.3 is 10.2 Å². The standard InChI is InChI=1S/C23H25N3O/c1-3-19-10-12-22(13-11-19)25-23(27)26(17-21-5-4-14-24-15-21)16-20-8-6-18(2)7-9-20/h4-15H,3,16-17H2,1-2H3,(H,25,27). The quantitative estimate of drug-likeness (QED) is 0.658. The number of pyridine rings is 1. The predicted molar refractivity (Wildman–Crippen MR) is 110 cm³/mol. The van der Waals surface area contributed by atoms with E-state index in [0.29, 0.717) is 13.1 Å². The Labute approximate surface area is 160 Å². The van der Waals surface area contributed by atoms with Crippen LogP contribution in [0.3, 0.4) is 0 Å². The lowest BCUT2D eigenvalue weighted by molar-refractivity contribution is 0.206. The van der Waals surface area contributed by atoms with E-state index >= 15 is 0 Å². The topological polar surface area (TPSA) is 45.2 Å². The molecule has 0 saturated heterocycles. The zero-order chi connectivity index (χ0) is 19.1. The predicted octanol–water partition coefficient (Wildman–Crippen LogP) is 5.19. The smallest absolute Gasteiger partial charge is 0.316 e. The molecule has 0 aliphatic rings. The van der Waals surface area contributed by atoms with E-state index in [9.17, 15) is 4.79 Å². The van der Waals surface area contributed by atoms with Crippen LogP contribution in [0.2, 0.25) is 0 Å². The summed E-state index contributed by atoms with van der Waals surface area (Å²) in [6, 6.07) is 20.0. The number of aryl methyl sites for hydroxylation is 2. The second-order valence-corrected chi connectivity index (χ2v) is 6.68. The molecule has 3 aromatic rings. The first-order chi connectivity index (χ1) is 13.1. The molecule has 0 spiro atoms. The van der Waals surface area contributed by atoms with Crippen LogP contribution in [0, 0.1) is 6.92 Å². The van der Waals surface area contributed by atoms with Gasteiger partial charge in [-0.25, -0.2) is 4.79 Å². The molecule has 2 amide bonds. The summed E-state index contributed by atoms with van der Waals surface area (Å²) in [6.07, 6.45) is 4.52. The van der Waals surface area contributed by atoms with E-state index in [1.807, 2.05) is 36.4 Å². The largest absolute Gasteiger partial charge is 0.322 e. The lowest BCUT2D eigenvalue weighted by Crippen LogP contribution is -2.34. The highest BCUT2D eigenvalue weighted by Crippen LogP contribution is 2.15. The van der Waals surface area contributed by atoms with Crippen LogP contribution in [0.4, 0.5) is 10.5 Å². The van der Waals surface area contributed by atoms with Gasteiger partial charge in [-0.2, -0.15) is 0 Å². The van der Waals surface area contributed by atoms with Gasteiger partial charge in [0.25, 0.3) is 0 Å².